The normalized spacial score (nSPS) is 11.6. The molecule has 0 aliphatic rings. The van der Waals surface area contributed by atoms with Crippen LogP contribution in [-0.2, 0) is 13.0 Å². The van der Waals surface area contributed by atoms with Crippen LogP contribution in [0.1, 0.15) is 31.3 Å². The van der Waals surface area contributed by atoms with Gasteiger partial charge in [-0.05, 0) is 33.5 Å². The molecule has 0 atom stereocenters. The SMILES string of the molecule is CCc1nc(N(CCN(C)C)CC(C)C)sc1CNC. The van der Waals surface area contributed by atoms with E-state index in [0.717, 1.165) is 32.6 Å². The Morgan fingerprint density at radius 2 is 1.95 bits per heavy atom. The van der Waals surface area contributed by atoms with Crippen LogP contribution in [0, 0.1) is 5.92 Å². The van der Waals surface area contributed by atoms with Gasteiger partial charge in [0, 0.05) is 31.1 Å². The molecule has 0 radical (unpaired) electrons. The molecule has 0 spiro atoms. The molecule has 0 saturated heterocycles. The van der Waals surface area contributed by atoms with Crippen molar-refractivity contribution in [2.75, 3.05) is 45.7 Å². The zero-order chi connectivity index (χ0) is 15.1. The third-order valence-electron chi connectivity index (χ3n) is 3.11. The first-order valence-electron chi connectivity index (χ1n) is 7.50. The molecule has 0 unspecified atom stereocenters. The van der Waals surface area contributed by atoms with Gasteiger partial charge in [-0.25, -0.2) is 4.98 Å². The fourth-order valence-electron chi connectivity index (χ4n) is 2.11. The maximum Gasteiger partial charge on any atom is 0.185 e. The maximum atomic E-state index is 4.86. The van der Waals surface area contributed by atoms with E-state index >= 15 is 0 Å². The summed E-state index contributed by atoms with van der Waals surface area (Å²) in [4.78, 5) is 10.9. The van der Waals surface area contributed by atoms with E-state index in [1.54, 1.807) is 0 Å². The molecule has 0 amide bonds. The quantitative estimate of drug-likeness (QED) is 0.759. The molecule has 4 nitrogen and oxygen atoms in total. The van der Waals surface area contributed by atoms with E-state index in [-0.39, 0.29) is 0 Å². The molecule has 0 aliphatic carbocycles. The fourth-order valence-corrected chi connectivity index (χ4v) is 3.30. The second-order valence-electron chi connectivity index (χ2n) is 5.89. The lowest BCUT2D eigenvalue weighted by molar-refractivity contribution is 0.409. The largest absolute Gasteiger partial charge is 0.347 e. The molecule has 1 aromatic heterocycles. The number of likely N-dealkylation sites (N-methyl/N-ethyl adjacent to an activating group) is 1. The van der Waals surface area contributed by atoms with Crippen molar-refractivity contribution in [3.63, 3.8) is 0 Å². The van der Waals surface area contributed by atoms with Crippen molar-refractivity contribution in [2.45, 2.75) is 33.7 Å². The summed E-state index contributed by atoms with van der Waals surface area (Å²) >= 11 is 1.84. The van der Waals surface area contributed by atoms with Crippen LogP contribution in [0.15, 0.2) is 0 Å². The first-order valence-corrected chi connectivity index (χ1v) is 8.32. The highest BCUT2D eigenvalue weighted by Crippen LogP contribution is 2.27. The van der Waals surface area contributed by atoms with Crippen LogP contribution in [0.5, 0.6) is 0 Å². The van der Waals surface area contributed by atoms with E-state index in [0.29, 0.717) is 5.92 Å². The molecular weight excluding hydrogens is 268 g/mol. The predicted molar refractivity (Wildman–Crippen MR) is 89.9 cm³/mol. The number of nitrogens with one attached hydrogen (secondary N) is 1. The van der Waals surface area contributed by atoms with Crippen LogP contribution in [0.25, 0.3) is 0 Å². The summed E-state index contributed by atoms with van der Waals surface area (Å²) in [5, 5.41) is 4.43. The van der Waals surface area contributed by atoms with E-state index in [9.17, 15) is 0 Å². The van der Waals surface area contributed by atoms with Crippen LogP contribution >= 0.6 is 11.3 Å². The van der Waals surface area contributed by atoms with Gasteiger partial charge in [0.25, 0.3) is 0 Å². The van der Waals surface area contributed by atoms with Crippen molar-refractivity contribution >= 4 is 16.5 Å². The molecule has 1 heterocycles. The molecule has 0 saturated carbocycles. The van der Waals surface area contributed by atoms with Crippen LogP contribution < -0.4 is 10.2 Å². The fraction of sp³-hybridized carbons (Fsp3) is 0.800. The van der Waals surface area contributed by atoms with Crippen molar-refractivity contribution in [1.82, 2.24) is 15.2 Å². The number of nitrogens with zero attached hydrogens (tertiary/aromatic N) is 3. The number of hydrogen-bond acceptors (Lipinski definition) is 5. The lowest BCUT2D eigenvalue weighted by Gasteiger charge is -2.25. The molecular formula is C15H30N4S. The van der Waals surface area contributed by atoms with Crippen LogP contribution in [0.4, 0.5) is 5.13 Å². The molecule has 0 aliphatic heterocycles. The smallest absolute Gasteiger partial charge is 0.185 e. The molecule has 5 heteroatoms. The molecule has 1 N–H and O–H groups in total. The Hall–Kier alpha value is -0.650. The summed E-state index contributed by atoms with van der Waals surface area (Å²) in [6.07, 6.45) is 1.01. The van der Waals surface area contributed by atoms with Crippen molar-refractivity contribution in [3.8, 4) is 0 Å². The molecule has 0 aromatic carbocycles. The summed E-state index contributed by atoms with van der Waals surface area (Å²) in [6, 6.07) is 0. The van der Waals surface area contributed by atoms with Gasteiger partial charge in [0.1, 0.15) is 0 Å². The Kier molecular flexibility index (Phi) is 7.48. The number of rotatable bonds is 9. The Labute approximate surface area is 128 Å². The highest BCUT2D eigenvalue weighted by molar-refractivity contribution is 7.15. The topological polar surface area (TPSA) is 31.4 Å². The van der Waals surface area contributed by atoms with Gasteiger partial charge < -0.3 is 15.1 Å². The third kappa shape index (κ3) is 5.38. The average Bonchev–Trinajstić information content (AvgIpc) is 2.77. The Morgan fingerprint density at radius 3 is 2.45 bits per heavy atom. The van der Waals surface area contributed by atoms with Crippen molar-refractivity contribution in [2.24, 2.45) is 5.92 Å². The monoisotopic (exact) mass is 298 g/mol. The Balaban J connectivity index is 2.88. The van der Waals surface area contributed by atoms with Gasteiger partial charge >= 0.3 is 0 Å². The highest BCUT2D eigenvalue weighted by atomic mass is 32.1. The summed E-state index contributed by atoms with van der Waals surface area (Å²) in [5.41, 5.74) is 1.25. The Bertz CT molecular complexity index is 387. The first-order chi connectivity index (χ1) is 9.47. The van der Waals surface area contributed by atoms with Gasteiger partial charge in [0.05, 0.1) is 5.69 Å². The minimum absolute atomic E-state index is 0.652. The lowest BCUT2D eigenvalue weighted by atomic mass is 10.2. The molecule has 1 aromatic rings. The van der Waals surface area contributed by atoms with Crippen LogP contribution in [-0.4, -0.2) is 50.7 Å². The van der Waals surface area contributed by atoms with Gasteiger partial charge in [0.2, 0.25) is 0 Å². The second kappa shape index (κ2) is 8.60. The van der Waals surface area contributed by atoms with Gasteiger partial charge in [-0.3, -0.25) is 0 Å². The summed E-state index contributed by atoms with van der Waals surface area (Å²) < 4.78 is 0. The summed E-state index contributed by atoms with van der Waals surface area (Å²) in [6.45, 7) is 10.8. The standard InChI is InChI=1S/C15H30N4S/c1-7-13-14(10-16-4)20-15(17-13)19(11-12(2)3)9-8-18(5)6/h12,16H,7-11H2,1-6H3. The number of hydrogen-bond donors (Lipinski definition) is 1. The Morgan fingerprint density at radius 1 is 1.25 bits per heavy atom. The third-order valence-corrected chi connectivity index (χ3v) is 4.27. The number of aryl methyl sites for hydroxylation is 1. The summed E-state index contributed by atoms with van der Waals surface area (Å²) in [7, 11) is 6.25. The number of thiazole rings is 1. The molecule has 116 valence electrons. The van der Waals surface area contributed by atoms with Crippen LogP contribution in [0.2, 0.25) is 0 Å². The van der Waals surface area contributed by atoms with Crippen molar-refractivity contribution in [3.05, 3.63) is 10.6 Å². The van der Waals surface area contributed by atoms with Gasteiger partial charge in [-0.15, -0.1) is 11.3 Å². The molecule has 0 fully saturated rings. The van der Waals surface area contributed by atoms with Crippen molar-refractivity contribution < 1.29 is 0 Å². The highest BCUT2D eigenvalue weighted by Gasteiger charge is 2.16. The average molecular weight is 299 g/mol. The van der Waals surface area contributed by atoms with Gasteiger partial charge in [0.15, 0.2) is 5.13 Å². The van der Waals surface area contributed by atoms with Gasteiger partial charge in [-0.2, -0.15) is 0 Å². The van der Waals surface area contributed by atoms with E-state index in [1.807, 2.05) is 18.4 Å². The maximum absolute atomic E-state index is 4.86. The molecule has 0 bridgehead atoms. The van der Waals surface area contributed by atoms with E-state index in [1.165, 1.54) is 15.7 Å². The lowest BCUT2D eigenvalue weighted by Crippen LogP contribution is -2.34. The van der Waals surface area contributed by atoms with Crippen molar-refractivity contribution in [1.29, 1.82) is 0 Å². The molecule has 20 heavy (non-hydrogen) atoms. The zero-order valence-electron chi connectivity index (χ0n) is 13.9. The van der Waals surface area contributed by atoms with E-state index in [4.69, 9.17) is 4.98 Å². The number of anilines is 1. The summed E-state index contributed by atoms with van der Waals surface area (Å²) in [5.74, 6) is 0.652. The predicted octanol–water partition coefficient (Wildman–Crippen LogP) is 2.45. The van der Waals surface area contributed by atoms with Crippen LogP contribution in [0.3, 0.4) is 0 Å². The van der Waals surface area contributed by atoms with E-state index in [2.05, 4.69) is 50.0 Å². The zero-order valence-corrected chi connectivity index (χ0v) is 14.7. The second-order valence-corrected chi connectivity index (χ2v) is 6.96. The number of aromatic nitrogens is 1. The first kappa shape index (κ1) is 17.4. The molecule has 1 rings (SSSR count). The van der Waals surface area contributed by atoms with E-state index < -0.39 is 0 Å². The minimum Gasteiger partial charge on any atom is -0.347 e. The van der Waals surface area contributed by atoms with Gasteiger partial charge in [-0.1, -0.05) is 20.8 Å². The minimum atomic E-state index is 0.652.